The monoisotopic (exact) mass is 315 g/mol. The average Bonchev–Trinajstić information content (AvgIpc) is 3.14. The van der Waals surface area contributed by atoms with Crippen LogP contribution in [0.25, 0.3) is 11.0 Å². The van der Waals surface area contributed by atoms with Crippen LogP contribution in [0.5, 0.6) is 0 Å². The van der Waals surface area contributed by atoms with E-state index in [0.717, 1.165) is 16.5 Å². The highest BCUT2D eigenvalue weighted by Gasteiger charge is 2.26. The first-order valence-electron chi connectivity index (χ1n) is 7.00. The Bertz CT molecular complexity index is 803. The molecule has 4 nitrogen and oxygen atoms in total. The summed E-state index contributed by atoms with van der Waals surface area (Å²) in [6.07, 6.45) is 0. The summed E-state index contributed by atoms with van der Waals surface area (Å²) in [5, 5.41) is 17.9. The number of aliphatic hydroxyl groups is 1. The van der Waals surface area contributed by atoms with Crippen LogP contribution in [0.1, 0.15) is 28.6 Å². The molecule has 3 rings (SSSR count). The van der Waals surface area contributed by atoms with E-state index < -0.39 is 5.60 Å². The minimum absolute atomic E-state index is 0.124. The predicted molar refractivity (Wildman–Crippen MR) is 87.2 cm³/mol. The smallest absolute Gasteiger partial charge is 0.287 e. The van der Waals surface area contributed by atoms with Gasteiger partial charge >= 0.3 is 0 Å². The van der Waals surface area contributed by atoms with Crippen molar-refractivity contribution in [2.75, 3.05) is 6.54 Å². The SMILES string of the molecule is Cc1c(C(=O)NCC(C)(O)c2ccsc2)oc2ccccc12. The molecule has 0 fully saturated rings. The third-order valence-electron chi connectivity index (χ3n) is 3.79. The Morgan fingerprint density at radius 1 is 1.36 bits per heavy atom. The quantitative estimate of drug-likeness (QED) is 0.775. The number of hydrogen-bond acceptors (Lipinski definition) is 4. The van der Waals surface area contributed by atoms with Crippen molar-refractivity contribution in [2.45, 2.75) is 19.4 Å². The molecule has 0 spiro atoms. The molecule has 114 valence electrons. The molecule has 0 aliphatic heterocycles. The van der Waals surface area contributed by atoms with E-state index in [0.29, 0.717) is 11.3 Å². The Morgan fingerprint density at radius 3 is 2.82 bits per heavy atom. The van der Waals surface area contributed by atoms with E-state index in [-0.39, 0.29) is 12.5 Å². The molecule has 1 aromatic carbocycles. The number of carbonyl (C=O) groups excluding carboxylic acids is 1. The number of aryl methyl sites for hydroxylation is 1. The van der Waals surface area contributed by atoms with Crippen molar-refractivity contribution in [3.05, 3.63) is 58.0 Å². The number of rotatable bonds is 4. The molecule has 3 aromatic rings. The highest BCUT2D eigenvalue weighted by Crippen LogP contribution is 2.26. The van der Waals surface area contributed by atoms with Crippen LogP contribution in [0.15, 0.2) is 45.5 Å². The zero-order chi connectivity index (χ0) is 15.7. The predicted octanol–water partition coefficient (Wildman–Crippen LogP) is 3.44. The number of benzene rings is 1. The first-order chi connectivity index (χ1) is 10.5. The van der Waals surface area contributed by atoms with Gasteiger partial charge in [0.1, 0.15) is 11.2 Å². The Kier molecular flexibility index (Phi) is 3.76. The maximum absolute atomic E-state index is 12.3. The number of para-hydroxylation sites is 1. The second-order valence-electron chi connectivity index (χ2n) is 5.52. The van der Waals surface area contributed by atoms with E-state index in [1.54, 1.807) is 6.92 Å². The van der Waals surface area contributed by atoms with E-state index in [1.165, 1.54) is 11.3 Å². The van der Waals surface area contributed by atoms with Crippen molar-refractivity contribution in [3.63, 3.8) is 0 Å². The van der Waals surface area contributed by atoms with E-state index in [4.69, 9.17) is 4.42 Å². The first kappa shape index (κ1) is 14.8. The number of nitrogens with one attached hydrogen (secondary N) is 1. The summed E-state index contributed by atoms with van der Waals surface area (Å²) in [6, 6.07) is 9.39. The van der Waals surface area contributed by atoms with Gasteiger partial charge in [-0.3, -0.25) is 4.79 Å². The summed E-state index contributed by atoms with van der Waals surface area (Å²) in [4.78, 5) is 12.3. The van der Waals surface area contributed by atoms with Crippen LogP contribution in [-0.4, -0.2) is 17.6 Å². The highest BCUT2D eigenvalue weighted by molar-refractivity contribution is 7.08. The standard InChI is InChI=1S/C17H17NO3S/c1-11-13-5-3-4-6-14(13)21-15(11)16(19)18-10-17(2,20)12-7-8-22-9-12/h3-9,20H,10H2,1-2H3,(H,18,19). The topological polar surface area (TPSA) is 62.5 Å². The molecule has 5 heteroatoms. The fourth-order valence-corrected chi connectivity index (χ4v) is 3.18. The fraction of sp³-hybridized carbons (Fsp3) is 0.235. The Hall–Kier alpha value is -2.11. The van der Waals surface area contributed by atoms with E-state index >= 15 is 0 Å². The second kappa shape index (κ2) is 5.59. The lowest BCUT2D eigenvalue weighted by atomic mass is 9.99. The number of amides is 1. The van der Waals surface area contributed by atoms with Gasteiger partial charge in [0.25, 0.3) is 5.91 Å². The van der Waals surface area contributed by atoms with Crippen molar-refractivity contribution in [1.29, 1.82) is 0 Å². The maximum atomic E-state index is 12.3. The van der Waals surface area contributed by atoms with Gasteiger partial charge in [-0.2, -0.15) is 11.3 Å². The number of fused-ring (bicyclic) bond motifs is 1. The lowest BCUT2D eigenvalue weighted by Gasteiger charge is -2.22. The Labute approximate surface area is 132 Å². The van der Waals surface area contributed by atoms with Gasteiger partial charge in [-0.15, -0.1) is 0 Å². The van der Waals surface area contributed by atoms with Crippen LogP contribution in [0.4, 0.5) is 0 Å². The van der Waals surface area contributed by atoms with Crippen molar-refractivity contribution in [3.8, 4) is 0 Å². The number of furan rings is 1. The van der Waals surface area contributed by atoms with Crippen LogP contribution in [0, 0.1) is 6.92 Å². The molecule has 0 radical (unpaired) electrons. The van der Waals surface area contributed by atoms with Gasteiger partial charge in [-0.25, -0.2) is 0 Å². The van der Waals surface area contributed by atoms with Gasteiger partial charge in [0.05, 0.1) is 6.54 Å². The largest absolute Gasteiger partial charge is 0.451 e. The molecule has 1 atom stereocenters. The molecule has 2 aromatic heterocycles. The molecular weight excluding hydrogens is 298 g/mol. The number of thiophene rings is 1. The summed E-state index contributed by atoms with van der Waals surface area (Å²) >= 11 is 1.51. The molecule has 2 heterocycles. The van der Waals surface area contributed by atoms with E-state index in [2.05, 4.69) is 5.32 Å². The number of carbonyl (C=O) groups is 1. The molecule has 0 aliphatic rings. The van der Waals surface area contributed by atoms with Crippen molar-refractivity contribution in [2.24, 2.45) is 0 Å². The Morgan fingerprint density at radius 2 is 2.14 bits per heavy atom. The summed E-state index contributed by atoms with van der Waals surface area (Å²) in [5.74, 6) is -0.0217. The minimum atomic E-state index is -1.10. The lowest BCUT2D eigenvalue weighted by molar-refractivity contribution is 0.0522. The van der Waals surface area contributed by atoms with Gasteiger partial charge in [0.15, 0.2) is 5.76 Å². The summed E-state index contributed by atoms with van der Waals surface area (Å²) in [7, 11) is 0. The van der Waals surface area contributed by atoms with E-state index in [1.807, 2.05) is 48.0 Å². The number of hydrogen-bond donors (Lipinski definition) is 2. The van der Waals surface area contributed by atoms with Crippen LogP contribution in [0.2, 0.25) is 0 Å². The average molecular weight is 315 g/mol. The molecule has 1 amide bonds. The third kappa shape index (κ3) is 2.65. The molecule has 0 aliphatic carbocycles. The first-order valence-corrected chi connectivity index (χ1v) is 7.95. The maximum Gasteiger partial charge on any atom is 0.287 e. The summed E-state index contributed by atoms with van der Waals surface area (Å²) in [5.41, 5.74) is 1.19. The molecular formula is C17H17NO3S. The molecule has 22 heavy (non-hydrogen) atoms. The van der Waals surface area contributed by atoms with Gasteiger partial charge in [0.2, 0.25) is 0 Å². The third-order valence-corrected chi connectivity index (χ3v) is 4.47. The fourth-order valence-electron chi connectivity index (χ4n) is 2.40. The van der Waals surface area contributed by atoms with Crippen LogP contribution in [-0.2, 0) is 5.60 Å². The lowest BCUT2D eigenvalue weighted by Crippen LogP contribution is -2.38. The molecule has 2 N–H and O–H groups in total. The van der Waals surface area contributed by atoms with Crippen LogP contribution < -0.4 is 5.32 Å². The molecule has 0 bridgehead atoms. The van der Waals surface area contributed by atoms with Gasteiger partial charge in [-0.1, -0.05) is 18.2 Å². The van der Waals surface area contributed by atoms with Crippen molar-refractivity contribution in [1.82, 2.24) is 5.32 Å². The zero-order valence-corrected chi connectivity index (χ0v) is 13.2. The van der Waals surface area contributed by atoms with Crippen molar-refractivity contribution >= 4 is 28.2 Å². The van der Waals surface area contributed by atoms with Crippen LogP contribution >= 0.6 is 11.3 Å². The van der Waals surface area contributed by atoms with Crippen molar-refractivity contribution < 1.29 is 14.3 Å². The zero-order valence-electron chi connectivity index (χ0n) is 12.4. The van der Waals surface area contributed by atoms with Gasteiger partial charge in [-0.05, 0) is 42.3 Å². The normalized spacial score (nSPS) is 14.0. The van der Waals surface area contributed by atoms with Gasteiger partial charge in [0, 0.05) is 10.9 Å². The molecule has 1 unspecified atom stereocenters. The Balaban J connectivity index is 1.78. The molecule has 0 saturated heterocycles. The second-order valence-corrected chi connectivity index (χ2v) is 6.30. The van der Waals surface area contributed by atoms with Gasteiger partial charge < -0.3 is 14.8 Å². The summed E-state index contributed by atoms with van der Waals surface area (Å²) < 4.78 is 5.62. The highest BCUT2D eigenvalue weighted by atomic mass is 32.1. The summed E-state index contributed by atoms with van der Waals surface area (Å²) in [6.45, 7) is 3.66. The molecule has 0 saturated carbocycles. The minimum Gasteiger partial charge on any atom is -0.451 e. The van der Waals surface area contributed by atoms with Crippen LogP contribution in [0.3, 0.4) is 0 Å². The van der Waals surface area contributed by atoms with E-state index in [9.17, 15) is 9.90 Å².